The maximum absolute atomic E-state index is 9.67. The van der Waals surface area contributed by atoms with Gasteiger partial charge in [-0.15, -0.1) is 17.0 Å². The third kappa shape index (κ3) is 3.44. The van der Waals surface area contributed by atoms with Crippen LogP contribution >= 0.6 is 17.0 Å². The van der Waals surface area contributed by atoms with Crippen LogP contribution in [0.3, 0.4) is 0 Å². The Labute approximate surface area is 86.3 Å². The van der Waals surface area contributed by atoms with E-state index in [2.05, 4.69) is 13.8 Å². The maximum Gasteiger partial charge on any atom is 0.0570 e. The molecule has 0 spiro atoms. The van der Waals surface area contributed by atoms with Crippen LogP contribution in [-0.4, -0.2) is 11.2 Å². The van der Waals surface area contributed by atoms with E-state index >= 15 is 0 Å². The Morgan fingerprint density at radius 1 is 1.33 bits per heavy atom. The molecule has 74 valence electrons. The van der Waals surface area contributed by atoms with Crippen LogP contribution < -0.4 is 0 Å². The zero-order chi connectivity index (χ0) is 8.27. The van der Waals surface area contributed by atoms with Crippen molar-refractivity contribution in [3.8, 4) is 0 Å². The summed E-state index contributed by atoms with van der Waals surface area (Å²) in [5.74, 6) is 1.36. The highest BCUT2D eigenvalue weighted by Crippen LogP contribution is 2.31. The molecule has 0 amide bonds. The van der Waals surface area contributed by atoms with Crippen LogP contribution in [0.5, 0.6) is 0 Å². The Balaban J connectivity index is 0.00000121. The van der Waals surface area contributed by atoms with Gasteiger partial charge in [-0.25, -0.2) is 0 Å². The van der Waals surface area contributed by atoms with Crippen LogP contribution in [0.2, 0.25) is 0 Å². The standard InChI is InChI=1S/C10H20O.BrH/c1-3-4-9-6-5-8(2)7-10(9)11;/h8-11H,3-7H2,1-2H3;1H. The minimum Gasteiger partial charge on any atom is -0.393 e. The second kappa shape index (κ2) is 5.98. The molecule has 1 aliphatic rings. The molecular weight excluding hydrogens is 216 g/mol. The highest BCUT2D eigenvalue weighted by Gasteiger charge is 2.25. The predicted octanol–water partition coefficient (Wildman–Crippen LogP) is 3.16. The van der Waals surface area contributed by atoms with Crippen LogP contribution in [0.1, 0.15) is 46.0 Å². The quantitative estimate of drug-likeness (QED) is 0.782. The van der Waals surface area contributed by atoms with Crippen molar-refractivity contribution in [3.05, 3.63) is 0 Å². The average Bonchev–Trinajstić information content (AvgIpc) is 1.95. The summed E-state index contributed by atoms with van der Waals surface area (Å²) >= 11 is 0. The summed E-state index contributed by atoms with van der Waals surface area (Å²) in [7, 11) is 0. The van der Waals surface area contributed by atoms with Crippen molar-refractivity contribution in [3.63, 3.8) is 0 Å². The number of aliphatic hydroxyl groups excluding tert-OH is 1. The first-order valence-corrected chi connectivity index (χ1v) is 4.92. The molecular formula is C10H21BrO. The van der Waals surface area contributed by atoms with E-state index < -0.39 is 0 Å². The van der Waals surface area contributed by atoms with E-state index in [9.17, 15) is 5.11 Å². The molecule has 0 aromatic carbocycles. The van der Waals surface area contributed by atoms with Crippen LogP contribution in [-0.2, 0) is 0 Å². The zero-order valence-electron chi connectivity index (χ0n) is 8.12. The Morgan fingerprint density at radius 3 is 2.50 bits per heavy atom. The number of hydrogen-bond donors (Lipinski definition) is 1. The predicted molar refractivity (Wildman–Crippen MR) is 57.7 cm³/mol. The van der Waals surface area contributed by atoms with Gasteiger partial charge in [-0.2, -0.15) is 0 Å². The van der Waals surface area contributed by atoms with Gasteiger partial charge in [0.1, 0.15) is 0 Å². The highest BCUT2D eigenvalue weighted by molar-refractivity contribution is 8.93. The smallest absolute Gasteiger partial charge is 0.0570 e. The Kier molecular flexibility index (Phi) is 6.20. The summed E-state index contributed by atoms with van der Waals surface area (Å²) in [4.78, 5) is 0. The molecule has 3 atom stereocenters. The first kappa shape index (κ1) is 12.4. The van der Waals surface area contributed by atoms with Gasteiger partial charge in [-0.05, 0) is 31.1 Å². The third-order valence-electron chi connectivity index (χ3n) is 2.88. The second-order valence-corrected chi connectivity index (χ2v) is 4.03. The highest BCUT2D eigenvalue weighted by atomic mass is 79.9. The summed E-state index contributed by atoms with van der Waals surface area (Å²) in [6.07, 6.45) is 6.03. The summed E-state index contributed by atoms with van der Waals surface area (Å²) in [5.41, 5.74) is 0. The monoisotopic (exact) mass is 236 g/mol. The van der Waals surface area contributed by atoms with E-state index in [0.717, 1.165) is 12.3 Å². The molecule has 0 aromatic rings. The first-order chi connectivity index (χ1) is 5.24. The molecule has 0 radical (unpaired) electrons. The Bertz CT molecular complexity index is 116. The van der Waals surface area contributed by atoms with Gasteiger partial charge in [0.2, 0.25) is 0 Å². The van der Waals surface area contributed by atoms with E-state index in [1.807, 2.05) is 0 Å². The summed E-state index contributed by atoms with van der Waals surface area (Å²) in [6.45, 7) is 4.44. The zero-order valence-corrected chi connectivity index (χ0v) is 9.84. The van der Waals surface area contributed by atoms with Gasteiger partial charge in [-0.1, -0.05) is 26.7 Å². The van der Waals surface area contributed by atoms with Crippen LogP contribution in [0.25, 0.3) is 0 Å². The largest absolute Gasteiger partial charge is 0.393 e. The van der Waals surface area contributed by atoms with Gasteiger partial charge in [0, 0.05) is 0 Å². The van der Waals surface area contributed by atoms with Crippen LogP contribution in [0.15, 0.2) is 0 Å². The first-order valence-electron chi connectivity index (χ1n) is 4.92. The fourth-order valence-electron chi connectivity index (χ4n) is 2.12. The van der Waals surface area contributed by atoms with Gasteiger partial charge < -0.3 is 5.11 Å². The number of halogens is 1. The molecule has 0 aliphatic heterocycles. The lowest BCUT2D eigenvalue weighted by atomic mass is 9.79. The van der Waals surface area contributed by atoms with Crippen molar-refractivity contribution in [2.75, 3.05) is 0 Å². The lowest BCUT2D eigenvalue weighted by molar-refractivity contribution is 0.0444. The van der Waals surface area contributed by atoms with Crippen LogP contribution in [0.4, 0.5) is 0 Å². The molecule has 12 heavy (non-hydrogen) atoms. The topological polar surface area (TPSA) is 20.2 Å². The van der Waals surface area contributed by atoms with E-state index in [1.54, 1.807) is 0 Å². The van der Waals surface area contributed by atoms with Crippen molar-refractivity contribution in [1.82, 2.24) is 0 Å². The van der Waals surface area contributed by atoms with Crippen molar-refractivity contribution in [1.29, 1.82) is 0 Å². The van der Waals surface area contributed by atoms with Gasteiger partial charge in [0.15, 0.2) is 0 Å². The molecule has 1 fully saturated rings. The molecule has 1 rings (SSSR count). The third-order valence-corrected chi connectivity index (χ3v) is 2.88. The Morgan fingerprint density at radius 2 is 2.00 bits per heavy atom. The lowest BCUT2D eigenvalue weighted by Gasteiger charge is -2.31. The van der Waals surface area contributed by atoms with Gasteiger partial charge in [-0.3, -0.25) is 0 Å². The number of hydrogen-bond acceptors (Lipinski definition) is 1. The van der Waals surface area contributed by atoms with Gasteiger partial charge >= 0.3 is 0 Å². The minimum absolute atomic E-state index is 0. The van der Waals surface area contributed by atoms with Crippen LogP contribution in [0, 0.1) is 11.8 Å². The van der Waals surface area contributed by atoms with Crippen molar-refractivity contribution in [2.45, 2.75) is 52.1 Å². The molecule has 1 N–H and O–H groups in total. The fourth-order valence-corrected chi connectivity index (χ4v) is 2.12. The molecule has 0 bridgehead atoms. The Hall–Kier alpha value is 0.440. The van der Waals surface area contributed by atoms with Crippen molar-refractivity contribution < 1.29 is 5.11 Å². The molecule has 1 saturated carbocycles. The number of aliphatic hydroxyl groups is 1. The van der Waals surface area contributed by atoms with Crippen molar-refractivity contribution >= 4 is 17.0 Å². The lowest BCUT2D eigenvalue weighted by Crippen LogP contribution is -2.28. The normalized spacial score (nSPS) is 35.8. The molecule has 1 aliphatic carbocycles. The van der Waals surface area contributed by atoms with E-state index in [1.165, 1.54) is 25.7 Å². The maximum atomic E-state index is 9.67. The molecule has 2 heteroatoms. The van der Waals surface area contributed by atoms with E-state index in [-0.39, 0.29) is 23.1 Å². The molecule has 0 aromatic heterocycles. The van der Waals surface area contributed by atoms with E-state index in [0.29, 0.717) is 5.92 Å². The fraction of sp³-hybridized carbons (Fsp3) is 1.00. The summed E-state index contributed by atoms with van der Waals surface area (Å²) in [6, 6.07) is 0. The van der Waals surface area contributed by atoms with Crippen molar-refractivity contribution in [2.24, 2.45) is 11.8 Å². The second-order valence-electron chi connectivity index (χ2n) is 4.03. The molecule has 0 saturated heterocycles. The van der Waals surface area contributed by atoms with Gasteiger partial charge in [0.05, 0.1) is 6.10 Å². The minimum atomic E-state index is -0.00120. The average molecular weight is 237 g/mol. The molecule has 1 nitrogen and oxygen atoms in total. The SMILES string of the molecule is Br.CCCC1CCC(C)CC1O. The molecule has 3 unspecified atom stereocenters. The van der Waals surface area contributed by atoms with Gasteiger partial charge in [0.25, 0.3) is 0 Å². The van der Waals surface area contributed by atoms with E-state index in [4.69, 9.17) is 0 Å². The number of rotatable bonds is 2. The molecule has 0 heterocycles. The summed E-state index contributed by atoms with van der Waals surface area (Å²) in [5, 5.41) is 9.67. The summed E-state index contributed by atoms with van der Waals surface area (Å²) < 4.78 is 0.